The number of nitro benzene ring substituents is 1. The lowest BCUT2D eigenvalue weighted by Crippen LogP contribution is -2.37. The van der Waals surface area contributed by atoms with E-state index in [0.29, 0.717) is 18.6 Å². The Morgan fingerprint density at radius 3 is 2.15 bits per heavy atom. The molecular formula is C27H26N2O5. The van der Waals surface area contributed by atoms with Crippen LogP contribution in [0.25, 0.3) is 0 Å². The molecule has 0 N–H and O–H groups in total. The molecule has 2 aliphatic carbocycles. The number of Topliss-reactive ketones (excluding diaryl/α,β-unsaturated/α-hetero) is 2. The number of non-ortho nitro benzene ring substituents is 1. The molecule has 174 valence electrons. The minimum atomic E-state index is -0.430. The van der Waals surface area contributed by atoms with Crippen molar-refractivity contribution in [3.8, 4) is 5.75 Å². The number of nitro groups is 1. The molecule has 2 aromatic carbocycles. The Balaban J connectivity index is 1.48. The van der Waals surface area contributed by atoms with Gasteiger partial charge in [-0.3, -0.25) is 19.7 Å². The van der Waals surface area contributed by atoms with E-state index in [1.807, 2.05) is 31.3 Å². The Kier molecular flexibility index (Phi) is 5.77. The van der Waals surface area contributed by atoms with Gasteiger partial charge in [0, 0.05) is 60.5 Å². The molecular weight excluding hydrogens is 432 g/mol. The predicted octanol–water partition coefficient (Wildman–Crippen LogP) is 5.22. The highest BCUT2D eigenvalue weighted by atomic mass is 16.6. The largest absolute Gasteiger partial charge is 0.489 e. The Morgan fingerprint density at radius 1 is 0.941 bits per heavy atom. The van der Waals surface area contributed by atoms with Crippen LogP contribution < -0.4 is 4.74 Å². The van der Waals surface area contributed by atoms with Crippen molar-refractivity contribution < 1.29 is 19.2 Å². The van der Waals surface area contributed by atoms with Crippen molar-refractivity contribution in [1.29, 1.82) is 0 Å². The van der Waals surface area contributed by atoms with Gasteiger partial charge < -0.3 is 9.64 Å². The summed E-state index contributed by atoms with van der Waals surface area (Å²) < 4.78 is 5.99. The van der Waals surface area contributed by atoms with E-state index in [1.165, 1.54) is 12.1 Å². The topological polar surface area (TPSA) is 89.8 Å². The molecule has 7 heteroatoms. The van der Waals surface area contributed by atoms with E-state index in [1.54, 1.807) is 12.1 Å². The quantitative estimate of drug-likeness (QED) is 0.451. The first-order valence-corrected chi connectivity index (χ1v) is 11.7. The SMILES string of the molecule is CN1C2=C(C(=O)CCC2)C(c2cccc(OCc3ccc([N+](=O)[O-])cc3)c2)C2=C1CCCC2=O. The maximum absolute atomic E-state index is 13.1. The second-order valence-corrected chi connectivity index (χ2v) is 9.05. The minimum Gasteiger partial charge on any atom is -0.489 e. The lowest BCUT2D eigenvalue weighted by Gasteiger charge is -2.42. The maximum Gasteiger partial charge on any atom is 0.269 e. The van der Waals surface area contributed by atoms with Crippen molar-refractivity contribution in [2.75, 3.05) is 7.05 Å². The number of carbonyl (C=O) groups is 2. The van der Waals surface area contributed by atoms with Crippen molar-refractivity contribution in [1.82, 2.24) is 4.90 Å². The van der Waals surface area contributed by atoms with Gasteiger partial charge in [-0.05, 0) is 61.1 Å². The third-order valence-corrected chi connectivity index (χ3v) is 6.99. The molecule has 2 aromatic rings. The smallest absolute Gasteiger partial charge is 0.269 e. The molecule has 0 atom stereocenters. The van der Waals surface area contributed by atoms with Crippen LogP contribution in [-0.4, -0.2) is 28.4 Å². The first-order chi connectivity index (χ1) is 16.4. The molecule has 5 rings (SSSR count). The monoisotopic (exact) mass is 458 g/mol. The van der Waals surface area contributed by atoms with Gasteiger partial charge in [-0.15, -0.1) is 0 Å². The van der Waals surface area contributed by atoms with Crippen LogP contribution in [0.3, 0.4) is 0 Å². The average Bonchev–Trinajstić information content (AvgIpc) is 2.84. The Bertz CT molecular complexity index is 1200. The molecule has 34 heavy (non-hydrogen) atoms. The first-order valence-electron chi connectivity index (χ1n) is 11.7. The number of nitrogens with zero attached hydrogens (tertiary/aromatic N) is 2. The third-order valence-electron chi connectivity index (χ3n) is 6.99. The molecule has 0 radical (unpaired) electrons. The van der Waals surface area contributed by atoms with Gasteiger partial charge in [-0.1, -0.05) is 12.1 Å². The molecule has 0 amide bonds. The summed E-state index contributed by atoms with van der Waals surface area (Å²) in [6.45, 7) is 0.259. The number of hydrogen-bond acceptors (Lipinski definition) is 6. The molecule has 0 spiro atoms. The summed E-state index contributed by atoms with van der Waals surface area (Å²) in [6, 6.07) is 13.9. The van der Waals surface area contributed by atoms with Crippen LogP contribution in [0.2, 0.25) is 0 Å². The fourth-order valence-corrected chi connectivity index (χ4v) is 5.35. The van der Waals surface area contributed by atoms with Gasteiger partial charge in [0.2, 0.25) is 0 Å². The number of hydrogen-bond donors (Lipinski definition) is 0. The highest BCUT2D eigenvalue weighted by molar-refractivity contribution is 6.06. The second kappa shape index (κ2) is 8.89. The summed E-state index contributed by atoms with van der Waals surface area (Å²) >= 11 is 0. The third kappa shape index (κ3) is 3.91. The van der Waals surface area contributed by atoms with Gasteiger partial charge in [-0.25, -0.2) is 0 Å². The predicted molar refractivity (Wildman–Crippen MR) is 126 cm³/mol. The number of rotatable bonds is 5. The molecule has 0 aromatic heterocycles. The lowest BCUT2D eigenvalue weighted by atomic mass is 9.71. The van der Waals surface area contributed by atoms with Crippen molar-refractivity contribution in [2.45, 2.75) is 51.0 Å². The van der Waals surface area contributed by atoms with E-state index in [4.69, 9.17) is 4.74 Å². The molecule has 0 fully saturated rings. The number of ketones is 2. The van der Waals surface area contributed by atoms with Gasteiger partial charge in [0.25, 0.3) is 5.69 Å². The van der Waals surface area contributed by atoms with Crippen LogP contribution in [0, 0.1) is 10.1 Å². The molecule has 0 saturated heterocycles. The zero-order valence-electron chi connectivity index (χ0n) is 19.1. The van der Waals surface area contributed by atoms with Gasteiger partial charge in [0.05, 0.1) is 4.92 Å². The fourth-order valence-electron chi connectivity index (χ4n) is 5.35. The summed E-state index contributed by atoms with van der Waals surface area (Å²) in [6.07, 6.45) is 4.38. The zero-order valence-corrected chi connectivity index (χ0v) is 19.1. The molecule has 1 aliphatic heterocycles. The molecule has 3 aliphatic rings. The Morgan fingerprint density at radius 2 is 1.56 bits per heavy atom. The van der Waals surface area contributed by atoms with Crippen LogP contribution >= 0.6 is 0 Å². The van der Waals surface area contributed by atoms with Gasteiger partial charge in [0.15, 0.2) is 11.6 Å². The van der Waals surface area contributed by atoms with Crippen LogP contribution in [0.1, 0.15) is 55.6 Å². The number of allylic oxidation sites excluding steroid dienone is 4. The van der Waals surface area contributed by atoms with E-state index in [0.717, 1.165) is 59.4 Å². The molecule has 7 nitrogen and oxygen atoms in total. The molecule has 0 bridgehead atoms. The highest BCUT2D eigenvalue weighted by Gasteiger charge is 2.42. The van der Waals surface area contributed by atoms with Crippen molar-refractivity contribution >= 4 is 17.3 Å². The summed E-state index contributed by atoms with van der Waals surface area (Å²) in [5.74, 6) is 0.524. The van der Waals surface area contributed by atoms with E-state index in [9.17, 15) is 19.7 Å². The fraction of sp³-hybridized carbons (Fsp3) is 0.333. The summed E-state index contributed by atoms with van der Waals surface area (Å²) in [5.41, 5.74) is 5.36. The van der Waals surface area contributed by atoms with E-state index in [2.05, 4.69) is 4.90 Å². The minimum absolute atomic E-state index is 0.0375. The maximum atomic E-state index is 13.1. The zero-order chi connectivity index (χ0) is 23.8. The van der Waals surface area contributed by atoms with Crippen molar-refractivity contribution in [2.24, 2.45) is 0 Å². The second-order valence-electron chi connectivity index (χ2n) is 9.05. The highest BCUT2D eigenvalue weighted by Crippen LogP contribution is 2.48. The summed E-state index contributed by atoms with van der Waals surface area (Å²) in [7, 11) is 1.99. The van der Waals surface area contributed by atoms with Crippen LogP contribution in [-0.2, 0) is 16.2 Å². The van der Waals surface area contributed by atoms with Crippen LogP contribution in [0.5, 0.6) is 5.75 Å². The summed E-state index contributed by atoms with van der Waals surface area (Å²) in [5, 5.41) is 10.9. The summed E-state index contributed by atoms with van der Waals surface area (Å²) in [4.78, 5) is 38.8. The van der Waals surface area contributed by atoms with E-state index in [-0.39, 0.29) is 29.8 Å². The van der Waals surface area contributed by atoms with E-state index < -0.39 is 4.92 Å². The van der Waals surface area contributed by atoms with Gasteiger partial charge >= 0.3 is 0 Å². The van der Waals surface area contributed by atoms with E-state index >= 15 is 0 Å². The van der Waals surface area contributed by atoms with Crippen molar-refractivity contribution in [3.05, 3.63) is 92.3 Å². The number of carbonyl (C=O) groups excluding carboxylic acids is 2. The lowest BCUT2D eigenvalue weighted by molar-refractivity contribution is -0.384. The molecule has 0 unspecified atom stereocenters. The van der Waals surface area contributed by atoms with Gasteiger partial charge in [0.1, 0.15) is 12.4 Å². The number of ether oxygens (including phenoxy) is 1. The average molecular weight is 459 g/mol. The molecule has 1 heterocycles. The van der Waals surface area contributed by atoms with Gasteiger partial charge in [-0.2, -0.15) is 0 Å². The van der Waals surface area contributed by atoms with Crippen LogP contribution in [0.15, 0.2) is 71.1 Å². The standard InChI is InChI=1S/C27H26N2O5/c1-28-21-7-3-9-23(30)26(21)25(27-22(28)8-4-10-24(27)31)18-5-2-6-20(15-18)34-16-17-11-13-19(14-12-17)29(32)33/h2,5-6,11-15,25H,3-4,7-10,16H2,1H3. The van der Waals surface area contributed by atoms with Crippen LogP contribution in [0.4, 0.5) is 5.69 Å². The number of benzene rings is 2. The first kappa shape index (κ1) is 22.1. The Labute approximate surface area is 197 Å². The normalized spacial score (nSPS) is 18.7. The molecule has 0 saturated carbocycles. The Hall–Kier alpha value is -3.74. The van der Waals surface area contributed by atoms with Crippen molar-refractivity contribution in [3.63, 3.8) is 0 Å².